The zero-order chi connectivity index (χ0) is 11.0. The van der Waals surface area contributed by atoms with E-state index in [-0.39, 0.29) is 11.7 Å². The molecule has 0 aliphatic heterocycles. The van der Waals surface area contributed by atoms with Crippen molar-refractivity contribution >= 4 is 17.4 Å². The van der Waals surface area contributed by atoms with Crippen LogP contribution in [0.5, 0.6) is 0 Å². The first-order valence-electron chi connectivity index (χ1n) is 5.44. The van der Waals surface area contributed by atoms with Crippen molar-refractivity contribution in [2.24, 2.45) is 11.8 Å². The summed E-state index contributed by atoms with van der Waals surface area (Å²) in [5.41, 5.74) is 1.80. The number of Topliss-reactive ketones (excluding diaryl/α,β-unsaturated/α-hetero) is 1. The molecule has 1 aromatic rings. The summed E-state index contributed by atoms with van der Waals surface area (Å²) in [6, 6.07) is 5.65. The van der Waals surface area contributed by atoms with Crippen molar-refractivity contribution < 1.29 is 4.79 Å². The normalized spacial score (nSPS) is 23.9. The lowest BCUT2D eigenvalue weighted by Gasteiger charge is -2.04. The topological polar surface area (TPSA) is 17.1 Å². The van der Waals surface area contributed by atoms with Gasteiger partial charge in [0, 0.05) is 11.5 Å². The summed E-state index contributed by atoms with van der Waals surface area (Å²) in [4.78, 5) is 12.1. The quantitative estimate of drug-likeness (QED) is 0.710. The smallest absolute Gasteiger partial charge is 0.167 e. The van der Waals surface area contributed by atoms with Gasteiger partial charge < -0.3 is 0 Å². The van der Waals surface area contributed by atoms with Crippen molar-refractivity contribution in [3.8, 4) is 0 Å². The predicted octanol–water partition coefficient (Wildman–Crippen LogP) is 3.88. The maximum Gasteiger partial charge on any atom is 0.167 e. The molecule has 2 heteroatoms. The Hall–Kier alpha value is -0.820. The molecule has 0 spiro atoms. The maximum atomic E-state index is 12.1. The number of rotatable bonds is 3. The van der Waals surface area contributed by atoms with Crippen LogP contribution in [0.25, 0.3) is 0 Å². The zero-order valence-corrected chi connectivity index (χ0v) is 9.84. The van der Waals surface area contributed by atoms with E-state index in [4.69, 9.17) is 11.6 Å². The SMILES string of the molecule is CC[C@@H]1C[C@H]1C(=O)c1cc(C)ccc1Cl. The van der Waals surface area contributed by atoms with E-state index in [1.165, 1.54) is 0 Å². The van der Waals surface area contributed by atoms with E-state index in [0.717, 1.165) is 18.4 Å². The number of aryl methyl sites for hydroxylation is 1. The molecule has 1 nitrogen and oxygen atoms in total. The third-order valence-electron chi connectivity index (χ3n) is 3.17. The van der Waals surface area contributed by atoms with Crippen LogP contribution < -0.4 is 0 Å². The molecule has 15 heavy (non-hydrogen) atoms. The van der Waals surface area contributed by atoms with Crippen molar-refractivity contribution in [1.82, 2.24) is 0 Å². The van der Waals surface area contributed by atoms with Crippen LogP contribution >= 0.6 is 11.6 Å². The van der Waals surface area contributed by atoms with Gasteiger partial charge in [0.1, 0.15) is 0 Å². The fraction of sp³-hybridized carbons (Fsp3) is 0.462. The highest BCUT2D eigenvalue weighted by Gasteiger charge is 2.41. The van der Waals surface area contributed by atoms with Crippen LogP contribution in [-0.2, 0) is 0 Å². The Kier molecular flexibility index (Phi) is 2.83. The molecule has 1 aromatic carbocycles. The van der Waals surface area contributed by atoms with Gasteiger partial charge in [-0.1, -0.05) is 36.6 Å². The van der Waals surface area contributed by atoms with Crippen molar-refractivity contribution in [2.45, 2.75) is 26.7 Å². The van der Waals surface area contributed by atoms with Crippen LogP contribution in [0.1, 0.15) is 35.7 Å². The van der Waals surface area contributed by atoms with E-state index in [0.29, 0.717) is 16.5 Å². The molecule has 1 aliphatic carbocycles. The van der Waals surface area contributed by atoms with Gasteiger partial charge in [0.2, 0.25) is 0 Å². The van der Waals surface area contributed by atoms with Gasteiger partial charge in [-0.05, 0) is 31.4 Å². The van der Waals surface area contributed by atoms with Gasteiger partial charge in [-0.3, -0.25) is 4.79 Å². The van der Waals surface area contributed by atoms with Gasteiger partial charge in [0.15, 0.2) is 5.78 Å². The van der Waals surface area contributed by atoms with Crippen LogP contribution in [0.2, 0.25) is 5.02 Å². The van der Waals surface area contributed by atoms with E-state index >= 15 is 0 Å². The van der Waals surface area contributed by atoms with Crippen LogP contribution in [0.3, 0.4) is 0 Å². The molecule has 1 fully saturated rings. The number of hydrogen-bond acceptors (Lipinski definition) is 1. The maximum absolute atomic E-state index is 12.1. The molecule has 1 saturated carbocycles. The lowest BCUT2D eigenvalue weighted by molar-refractivity contribution is 0.0961. The average molecular weight is 223 g/mol. The Morgan fingerprint density at radius 3 is 2.87 bits per heavy atom. The van der Waals surface area contributed by atoms with Gasteiger partial charge in [0.05, 0.1) is 5.02 Å². The third-order valence-corrected chi connectivity index (χ3v) is 3.50. The Bertz CT molecular complexity index is 398. The van der Waals surface area contributed by atoms with Gasteiger partial charge in [-0.2, -0.15) is 0 Å². The largest absolute Gasteiger partial charge is 0.294 e. The number of hydrogen-bond donors (Lipinski definition) is 0. The lowest BCUT2D eigenvalue weighted by Crippen LogP contribution is -2.04. The molecule has 0 bridgehead atoms. The van der Waals surface area contributed by atoms with Gasteiger partial charge in [0.25, 0.3) is 0 Å². The Balaban J connectivity index is 2.22. The van der Waals surface area contributed by atoms with Crippen LogP contribution in [0.15, 0.2) is 18.2 Å². The van der Waals surface area contributed by atoms with Gasteiger partial charge >= 0.3 is 0 Å². The standard InChI is InChI=1S/C13H15ClO/c1-3-9-7-10(9)13(15)11-6-8(2)4-5-12(11)14/h4-6,9-10H,3,7H2,1-2H3/t9-,10-/m1/s1. The van der Waals surface area contributed by atoms with E-state index in [2.05, 4.69) is 6.92 Å². The van der Waals surface area contributed by atoms with Crippen molar-refractivity contribution in [2.75, 3.05) is 0 Å². The first-order chi connectivity index (χ1) is 7.13. The fourth-order valence-corrected chi connectivity index (χ4v) is 2.26. The molecule has 0 aromatic heterocycles. The summed E-state index contributed by atoms with van der Waals surface area (Å²) in [7, 11) is 0. The third kappa shape index (κ3) is 2.07. The molecule has 0 radical (unpaired) electrons. The van der Waals surface area contributed by atoms with Crippen LogP contribution in [0, 0.1) is 18.8 Å². The van der Waals surface area contributed by atoms with E-state index in [1.54, 1.807) is 0 Å². The summed E-state index contributed by atoms with van der Waals surface area (Å²) in [6.07, 6.45) is 2.14. The minimum Gasteiger partial charge on any atom is -0.294 e. The highest BCUT2D eigenvalue weighted by atomic mass is 35.5. The summed E-state index contributed by atoms with van der Waals surface area (Å²) in [5.74, 6) is 1.05. The molecule has 0 unspecified atom stereocenters. The van der Waals surface area contributed by atoms with E-state index in [1.807, 2.05) is 25.1 Å². The molecule has 1 aliphatic rings. The molecule has 80 valence electrons. The second-order valence-electron chi connectivity index (χ2n) is 4.36. The van der Waals surface area contributed by atoms with Crippen molar-refractivity contribution in [1.29, 1.82) is 0 Å². The second-order valence-corrected chi connectivity index (χ2v) is 4.77. The second kappa shape index (κ2) is 3.97. The van der Waals surface area contributed by atoms with Crippen LogP contribution in [0.4, 0.5) is 0 Å². The Morgan fingerprint density at radius 2 is 2.27 bits per heavy atom. The van der Waals surface area contributed by atoms with Gasteiger partial charge in [-0.15, -0.1) is 0 Å². The molecule has 0 N–H and O–H groups in total. The molecule has 2 rings (SSSR count). The summed E-state index contributed by atoms with van der Waals surface area (Å²) in [6.45, 7) is 4.12. The lowest BCUT2D eigenvalue weighted by atomic mass is 10.0. The van der Waals surface area contributed by atoms with E-state index < -0.39 is 0 Å². The Morgan fingerprint density at radius 1 is 1.53 bits per heavy atom. The first-order valence-corrected chi connectivity index (χ1v) is 5.81. The van der Waals surface area contributed by atoms with Crippen molar-refractivity contribution in [3.63, 3.8) is 0 Å². The van der Waals surface area contributed by atoms with Crippen molar-refractivity contribution in [3.05, 3.63) is 34.3 Å². The monoisotopic (exact) mass is 222 g/mol. The molecule has 0 heterocycles. The summed E-state index contributed by atoms with van der Waals surface area (Å²) < 4.78 is 0. The molecule has 2 atom stereocenters. The molecular formula is C13H15ClO. The molecule has 0 amide bonds. The minimum absolute atomic E-state index is 0.231. The fourth-order valence-electron chi connectivity index (χ4n) is 2.05. The number of halogens is 1. The van der Waals surface area contributed by atoms with Crippen LogP contribution in [-0.4, -0.2) is 5.78 Å². The molecular weight excluding hydrogens is 208 g/mol. The predicted molar refractivity (Wildman–Crippen MR) is 62.4 cm³/mol. The van der Waals surface area contributed by atoms with E-state index in [9.17, 15) is 4.79 Å². The summed E-state index contributed by atoms with van der Waals surface area (Å²) in [5, 5.41) is 0.590. The zero-order valence-electron chi connectivity index (χ0n) is 9.09. The molecule has 0 saturated heterocycles. The number of ketones is 1. The highest BCUT2D eigenvalue weighted by Crippen LogP contribution is 2.44. The average Bonchev–Trinajstić information content (AvgIpc) is 3.00. The number of carbonyl (C=O) groups is 1. The summed E-state index contributed by atoms with van der Waals surface area (Å²) >= 11 is 6.03. The Labute approximate surface area is 95.4 Å². The van der Waals surface area contributed by atoms with Gasteiger partial charge in [-0.25, -0.2) is 0 Å². The number of benzene rings is 1. The number of carbonyl (C=O) groups excluding carboxylic acids is 1. The minimum atomic E-state index is 0.231. The first kappa shape index (κ1) is 10.7. The highest BCUT2D eigenvalue weighted by molar-refractivity contribution is 6.34.